The molecule has 4 heteroatoms. The SMILES string of the molecule is [Cl-].[Cl-].[Cl-].[Hf+4].c1ccc2c(c1)CC1=C2CCC[CH-]1. The fourth-order valence-corrected chi connectivity index (χ4v) is 2.50. The summed E-state index contributed by atoms with van der Waals surface area (Å²) in [5.41, 5.74) is 6.29. The zero-order chi connectivity index (χ0) is 8.67. The van der Waals surface area contributed by atoms with Crippen LogP contribution >= 0.6 is 0 Å². The van der Waals surface area contributed by atoms with Gasteiger partial charge in [0.1, 0.15) is 0 Å². The first-order valence-corrected chi connectivity index (χ1v) is 5.08. The van der Waals surface area contributed by atoms with Gasteiger partial charge >= 0.3 is 25.8 Å². The summed E-state index contributed by atoms with van der Waals surface area (Å²) in [5, 5.41) is 0. The van der Waals surface area contributed by atoms with E-state index < -0.39 is 0 Å². The summed E-state index contributed by atoms with van der Waals surface area (Å²) in [5.74, 6) is 0. The number of allylic oxidation sites excluding steroid dienone is 2. The van der Waals surface area contributed by atoms with Gasteiger partial charge in [0, 0.05) is 0 Å². The van der Waals surface area contributed by atoms with Crippen molar-refractivity contribution in [2.24, 2.45) is 0 Å². The second-order valence-corrected chi connectivity index (χ2v) is 3.93. The molecule has 17 heavy (non-hydrogen) atoms. The molecule has 0 saturated heterocycles. The van der Waals surface area contributed by atoms with Gasteiger partial charge in [-0.25, -0.2) is 12.0 Å². The Balaban J connectivity index is 0. The molecule has 0 saturated carbocycles. The van der Waals surface area contributed by atoms with E-state index in [1.807, 2.05) is 0 Å². The third-order valence-electron chi connectivity index (χ3n) is 3.13. The molecule has 0 nitrogen and oxygen atoms in total. The molecule has 1 aromatic carbocycles. The Labute approximate surface area is 141 Å². The van der Waals surface area contributed by atoms with Gasteiger partial charge in [-0.2, -0.15) is 5.57 Å². The van der Waals surface area contributed by atoms with Crippen LogP contribution in [0.15, 0.2) is 29.8 Å². The van der Waals surface area contributed by atoms with Crippen LogP contribution in [-0.4, -0.2) is 0 Å². The van der Waals surface area contributed by atoms with Crippen molar-refractivity contribution in [3.8, 4) is 0 Å². The maximum Gasteiger partial charge on any atom is 4.00 e. The molecular weight excluding hydrogens is 441 g/mol. The van der Waals surface area contributed by atoms with E-state index in [0.29, 0.717) is 0 Å². The second-order valence-electron chi connectivity index (χ2n) is 3.93. The third-order valence-corrected chi connectivity index (χ3v) is 3.13. The summed E-state index contributed by atoms with van der Waals surface area (Å²) in [7, 11) is 0. The molecule has 0 atom stereocenters. The molecule has 3 rings (SSSR count). The molecule has 0 radical (unpaired) electrons. The van der Waals surface area contributed by atoms with Crippen molar-refractivity contribution in [2.75, 3.05) is 0 Å². The minimum Gasteiger partial charge on any atom is -1.00 e. The molecule has 2 aliphatic carbocycles. The largest absolute Gasteiger partial charge is 4.00 e. The van der Waals surface area contributed by atoms with Crippen molar-refractivity contribution in [1.29, 1.82) is 0 Å². The van der Waals surface area contributed by atoms with Crippen LogP contribution in [0.2, 0.25) is 0 Å². The summed E-state index contributed by atoms with van der Waals surface area (Å²) >= 11 is 0. The van der Waals surface area contributed by atoms with Crippen molar-refractivity contribution in [2.45, 2.75) is 25.7 Å². The summed E-state index contributed by atoms with van der Waals surface area (Å²) < 4.78 is 0. The molecule has 0 amide bonds. The molecule has 90 valence electrons. The molecule has 1 aromatic rings. The van der Waals surface area contributed by atoms with Gasteiger partial charge in [0.2, 0.25) is 0 Å². The third kappa shape index (κ3) is 3.76. The Hall–Kier alpha value is 0.570. The summed E-state index contributed by atoms with van der Waals surface area (Å²) in [6, 6.07) is 8.85. The van der Waals surface area contributed by atoms with Gasteiger partial charge in [0.25, 0.3) is 0 Å². The first-order chi connectivity index (χ1) is 6.45. The van der Waals surface area contributed by atoms with Crippen molar-refractivity contribution in [3.05, 3.63) is 47.4 Å². The van der Waals surface area contributed by atoms with E-state index in [-0.39, 0.29) is 63.1 Å². The molecular formula is C13H13Cl3Hf. The van der Waals surface area contributed by atoms with E-state index in [0.717, 1.165) is 0 Å². The first kappa shape index (κ1) is 19.9. The standard InChI is InChI=1S/C13H13.3ClH.Hf/c1-3-7-12-10(5-1)9-11-6-2-4-8-13(11)12;;;;/h1,3,5-7H,2,4,8-9H2;3*1H;/q-1;;;;+4/p-3. The maximum absolute atomic E-state index is 2.43. The van der Waals surface area contributed by atoms with Gasteiger partial charge in [0.05, 0.1) is 0 Å². The van der Waals surface area contributed by atoms with E-state index in [2.05, 4.69) is 30.7 Å². The number of hydrogen-bond donors (Lipinski definition) is 0. The van der Waals surface area contributed by atoms with Crippen molar-refractivity contribution in [3.63, 3.8) is 0 Å². The average molecular weight is 454 g/mol. The predicted molar refractivity (Wildman–Crippen MR) is 55.2 cm³/mol. The molecule has 0 aromatic heterocycles. The second kappa shape index (κ2) is 8.63. The fourth-order valence-electron chi connectivity index (χ4n) is 2.50. The predicted octanol–water partition coefficient (Wildman–Crippen LogP) is -5.61. The first-order valence-electron chi connectivity index (χ1n) is 5.08. The van der Waals surface area contributed by atoms with Gasteiger partial charge in [-0.05, 0) is 6.42 Å². The van der Waals surface area contributed by atoms with Gasteiger partial charge in [0.15, 0.2) is 0 Å². The molecule has 0 heterocycles. The Morgan fingerprint density at radius 2 is 1.71 bits per heavy atom. The molecule has 2 aliphatic rings. The summed E-state index contributed by atoms with van der Waals surface area (Å²) in [6.07, 6.45) is 7.53. The van der Waals surface area contributed by atoms with Crippen LogP contribution < -0.4 is 37.2 Å². The molecule has 0 aliphatic heterocycles. The Morgan fingerprint density at radius 1 is 1.00 bits per heavy atom. The molecule has 0 spiro atoms. The van der Waals surface area contributed by atoms with Crippen LogP contribution in [0.5, 0.6) is 0 Å². The number of benzene rings is 1. The number of rotatable bonds is 0. The zero-order valence-electron chi connectivity index (χ0n) is 9.35. The van der Waals surface area contributed by atoms with Crippen LogP contribution in [0.25, 0.3) is 5.57 Å². The molecule has 0 unspecified atom stereocenters. The minimum absolute atomic E-state index is 0. The normalized spacial score (nSPS) is 14.8. The molecule has 0 fully saturated rings. The van der Waals surface area contributed by atoms with E-state index in [1.54, 1.807) is 11.1 Å². The Morgan fingerprint density at radius 3 is 2.47 bits per heavy atom. The van der Waals surface area contributed by atoms with Gasteiger partial charge in [-0.15, -0.1) is 12.0 Å². The zero-order valence-corrected chi connectivity index (χ0v) is 15.2. The van der Waals surface area contributed by atoms with Crippen molar-refractivity contribution >= 4 is 5.57 Å². The topological polar surface area (TPSA) is 0 Å². The van der Waals surface area contributed by atoms with Gasteiger partial charge < -0.3 is 37.2 Å². The van der Waals surface area contributed by atoms with Crippen LogP contribution in [0, 0.1) is 6.42 Å². The maximum atomic E-state index is 2.43. The van der Waals surface area contributed by atoms with E-state index in [1.165, 1.54) is 36.8 Å². The minimum atomic E-state index is 0. The van der Waals surface area contributed by atoms with Crippen LogP contribution in [0.3, 0.4) is 0 Å². The summed E-state index contributed by atoms with van der Waals surface area (Å²) in [6.45, 7) is 0. The van der Waals surface area contributed by atoms with Crippen LogP contribution in [-0.2, 0) is 32.3 Å². The van der Waals surface area contributed by atoms with Gasteiger partial charge in [-0.1, -0.05) is 42.7 Å². The number of fused-ring (bicyclic) bond motifs is 2. The quantitative estimate of drug-likeness (QED) is 0.271. The smallest absolute Gasteiger partial charge is 1.00 e. The van der Waals surface area contributed by atoms with Crippen LogP contribution in [0.1, 0.15) is 30.4 Å². The van der Waals surface area contributed by atoms with E-state index in [9.17, 15) is 0 Å². The van der Waals surface area contributed by atoms with Gasteiger partial charge in [-0.3, -0.25) is 0 Å². The summed E-state index contributed by atoms with van der Waals surface area (Å²) in [4.78, 5) is 0. The molecule has 0 bridgehead atoms. The van der Waals surface area contributed by atoms with E-state index in [4.69, 9.17) is 0 Å². The van der Waals surface area contributed by atoms with E-state index >= 15 is 0 Å². The Kier molecular flexibility index (Phi) is 10.1. The number of hydrogen-bond acceptors (Lipinski definition) is 0. The fraction of sp³-hybridized carbons (Fsp3) is 0.308. The average Bonchev–Trinajstić information content (AvgIpc) is 2.56. The van der Waals surface area contributed by atoms with Crippen LogP contribution in [0.4, 0.5) is 0 Å². The monoisotopic (exact) mass is 454 g/mol. The molecule has 0 N–H and O–H groups in total. The van der Waals surface area contributed by atoms with Crippen molar-refractivity contribution < 1.29 is 63.1 Å². The van der Waals surface area contributed by atoms with Crippen molar-refractivity contribution in [1.82, 2.24) is 0 Å². The number of halogens is 3. The Bertz CT molecular complexity index is 388.